The molecule has 0 unspecified atom stereocenters. The van der Waals surface area contributed by atoms with E-state index in [9.17, 15) is 0 Å². The number of hydrogen-bond donors (Lipinski definition) is 1. The van der Waals surface area contributed by atoms with Gasteiger partial charge in [0.25, 0.3) is 0 Å². The highest BCUT2D eigenvalue weighted by atomic mass is 32.1. The first-order chi connectivity index (χ1) is 8.19. The average molecular weight is 250 g/mol. The molecule has 4 nitrogen and oxygen atoms in total. The van der Waals surface area contributed by atoms with Crippen LogP contribution in [0, 0.1) is 4.64 Å². The van der Waals surface area contributed by atoms with E-state index < -0.39 is 0 Å². The van der Waals surface area contributed by atoms with Crippen LogP contribution in [0.2, 0.25) is 0 Å². The molecule has 17 heavy (non-hydrogen) atoms. The summed E-state index contributed by atoms with van der Waals surface area (Å²) in [4.78, 5) is 7.55. The van der Waals surface area contributed by atoms with E-state index in [-0.39, 0.29) is 0 Å². The smallest absolute Gasteiger partial charge is 0.146 e. The maximum absolute atomic E-state index is 5.34. The quantitative estimate of drug-likeness (QED) is 0.851. The van der Waals surface area contributed by atoms with Gasteiger partial charge in [-0.1, -0.05) is 19.1 Å². The van der Waals surface area contributed by atoms with Gasteiger partial charge in [0.05, 0.1) is 19.7 Å². The summed E-state index contributed by atoms with van der Waals surface area (Å²) in [6, 6.07) is 3.69. The Morgan fingerprint density at radius 2 is 2.06 bits per heavy atom. The largest absolute Gasteiger partial charge is 0.497 e. The Hall–Kier alpha value is -1.62. The van der Waals surface area contributed by atoms with Crippen LogP contribution >= 0.6 is 12.2 Å². The highest BCUT2D eigenvalue weighted by molar-refractivity contribution is 7.71. The van der Waals surface area contributed by atoms with Crippen LogP contribution in [0.15, 0.2) is 12.1 Å². The number of aromatic amines is 1. The minimum absolute atomic E-state index is 0.563. The van der Waals surface area contributed by atoms with Crippen LogP contribution in [0.3, 0.4) is 0 Å². The molecule has 0 aliphatic heterocycles. The van der Waals surface area contributed by atoms with Crippen molar-refractivity contribution in [3.63, 3.8) is 0 Å². The van der Waals surface area contributed by atoms with Gasteiger partial charge in [-0.25, -0.2) is 4.98 Å². The molecule has 0 aliphatic carbocycles. The molecule has 2 aromatic rings. The van der Waals surface area contributed by atoms with Gasteiger partial charge in [0.15, 0.2) is 0 Å². The summed E-state index contributed by atoms with van der Waals surface area (Å²) in [5.74, 6) is 2.27. The Morgan fingerprint density at radius 3 is 2.65 bits per heavy atom. The maximum atomic E-state index is 5.34. The van der Waals surface area contributed by atoms with E-state index in [0.717, 1.165) is 23.1 Å². The van der Waals surface area contributed by atoms with Gasteiger partial charge in [-0.15, -0.1) is 0 Å². The molecule has 1 aromatic heterocycles. The lowest BCUT2D eigenvalue weighted by Gasteiger charge is -2.09. The Balaban J connectivity index is 2.84. The third kappa shape index (κ3) is 2.10. The van der Waals surface area contributed by atoms with Crippen LogP contribution in [0.4, 0.5) is 0 Å². The first-order valence-electron chi connectivity index (χ1n) is 5.34. The minimum Gasteiger partial charge on any atom is -0.497 e. The lowest BCUT2D eigenvalue weighted by Crippen LogP contribution is -1.97. The maximum Gasteiger partial charge on any atom is 0.146 e. The number of H-pyrrole nitrogens is 1. The normalized spacial score (nSPS) is 10.5. The molecule has 0 aliphatic rings. The van der Waals surface area contributed by atoms with Crippen molar-refractivity contribution >= 4 is 23.1 Å². The van der Waals surface area contributed by atoms with E-state index in [1.54, 1.807) is 14.2 Å². The summed E-state index contributed by atoms with van der Waals surface area (Å²) >= 11 is 5.28. The Morgan fingerprint density at radius 1 is 1.29 bits per heavy atom. The molecule has 0 atom stereocenters. The van der Waals surface area contributed by atoms with Crippen molar-refractivity contribution in [3.05, 3.63) is 22.6 Å². The summed E-state index contributed by atoms with van der Waals surface area (Å²) in [6.07, 6.45) is 0.800. The van der Waals surface area contributed by atoms with Crippen LogP contribution in [0.5, 0.6) is 11.5 Å². The van der Waals surface area contributed by atoms with E-state index in [1.165, 1.54) is 0 Å². The summed E-state index contributed by atoms with van der Waals surface area (Å²) < 4.78 is 11.1. The number of fused-ring (bicyclic) bond motifs is 1. The molecule has 2 rings (SSSR count). The number of nitrogens with zero attached hydrogens (tertiary/aromatic N) is 1. The zero-order valence-corrected chi connectivity index (χ0v) is 10.9. The molecular formula is C12H14N2O2S. The second-order valence-corrected chi connectivity index (χ2v) is 3.98. The van der Waals surface area contributed by atoms with Crippen LogP contribution < -0.4 is 9.47 Å². The second kappa shape index (κ2) is 4.71. The zero-order chi connectivity index (χ0) is 12.4. The van der Waals surface area contributed by atoms with E-state index in [1.807, 2.05) is 19.1 Å². The molecular weight excluding hydrogens is 236 g/mol. The SMILES string of the molecule is CCc1nc(=S)c2cc(OC)cc(OC)c2[nH]1. The number of benzene rings is 1. The molecule has 0 spiro atoms. The van der Waals surface area contributed by atoms with Gasteiger partial charge in [-0.05, 0) is 6.07 Å². The fraction of sp³-hybridized carbons (Fsp3) is 0.333. The number of rotatable bonds is 3. The van der Waals surface area contributed by atoms with E-state index >= 15 is 0 Å². The van der Waals surface area contributed by atoms with Crippen LogP contribution in [-0.4, -0.2) is 24.2 Å². The van der Waals surface area contributed by atoms with Crippen LogP contribution in [0.25, 0.3) is 10.9 Å². The molecule has 0 bridgehead atoms. The zero-order valence-electron chi connectivity index (χ0n) is 10.0. The predicted molar refractivity (Wildman–Crippen MR) is 69.4 cm³/mol. The van der Waals surface area contributed by atoms with Gasteiger partial charge in [-0.3, -0.25) is 0 Å². The number of nitrogens with one attached hydrogen (secondary N) is 1. The third-order valence-corrected chi connectivity index (χ3v) is 2.91. The van der Waals surface area contributed by atoms with E-state index in [2.05, 4.69) is 9.97 Å². The summed E-state index contributed by atoms with van der Waals surface area (Å²) in [6.45, 7) is 2.02. The van der Waals surface area contributed by atoms with Gasteiger partial charge >= 0.3 is 0 Å². The number of ether oxygens (including phenoxy) is 2. The number of hydrogen-bond acceptors (Lipinski definition) is 4. The lowest BCUT2D eigenvalue weighted by molar-refractivity contribution is 0.397. The number of aryl methyl sites for hydroxylation is 1. The molecule has 90 valence electrons. The Kier molecular flexibility index (Phi) is 3.28. The molecule has 0 saturated heterocycles. The molecule has 0 radical (unpaired) electrons. The highest BCUT2D eigenvalue weighted by Gasteiger charge is 2.08. The van der Waals surface area contributed by atoms with Crippen molar-refractivity contribution in [2.45, 2.75) is 13.3 Å². The molecule has 0 amide bonds. The summed E-state index contributed by atoms with van der Waals surface area (Å²) in [5, 5.41) is 0.841. The molecule has 0 saturated carbocycles. The monoisotopic (exact) mass is 250 g/mol. The lowest BCUT2D eigenvalue weighted by atomic mass is 10.2. The Bertz CT molecular complexity index is 607. The van der Waals surface area contributed by atoms with Gasteiger partial charge < -0.3 is 14.5 Å². The Labute approximate surface area is 105 Å². The van der Waals surface area contributed by atoms with E-state index in [0.29, 0.717) is 16.1 Å². The van der Waals surface area contributed by atoms with Crippen molar-refractivity contribution in [1.29, 1.82) is 0 Å². The molecule has 1 aromatic carbocycles. The van der Waals surface area contributed by atoms with Crippen molar-refractivity contribution in [1.82, 2.24) is 9.97 Å². The molecule has 1 N–H and O–H groups in total. The van der Waals surface area contributed by atoms with Gasteiger partial charge in [0.2, 0.25) is 0 Å². The topological polar surface area (TPSA) is 47.1 Å². The van der Waals surface area contributed by atoms with Crippen molar-refractivity contribution < 1.29 is 9.47 Å². The average Bonchev–Trinajstić information content (AvgIpc) is 2.37. The summed E-state index contributed by atoms with van der Waals surface area (Å²) in [7, 11) is 3.23. The fourth-order valence-corrected chi connectivity index (χ4v) is 1.96. The standard InChI is InChI=1S/C12H14N2O2S/c1-4-10-13-11-8(12(17)14-10)5-7(15-2)6-9(11)16-3/h5-6H,4H2,1-3H3,(H,13,14,17). The van der Waals surface area contributed by atoms with Crippen molar-refractivity contribution in [2.24, 2.45) is 0 Å². The van der Waals surface area contributed by atoms with Gasteiger partial charge in [0.1, 0.15) is 22.0 Å². The number of aromatic nitrogens is 2. The van der Waals surface area contributed by atoms with Crippen molar-refractivity contribution in [2.75, 3.05) is 14.2 Å². The molecule has 5 heteroatoms. The predicted octanol–water partition coefficient (Wildman–Crippen LogP) is 2.87. The van der Waals surface area contributed by atoms with Gasteiger partial charge in [0, 0.05) is 17.9 Å². The molecule has 1 heterocycles. The van der Waals surface area contributed by atoms with Gasteiger partial charge in [-0.2, -0.15) is 0 Å². The first kappa shape index (κ1) is 11.9. The number of methoxy groups -OCH3 is 2. The molecule has 0 fully saturated rings. The van der Waals surface area contributed by atoms with Crippen LogP contribution in [-0.2, 0) is 6.42 Å². The third-order valence-electron chi connectivity index (χ3n) is 2.60. The minimum atomic E-state index is 0.563. The summed E-state index contributed by atoms with van der Waals surface area (Å²) in [5.41, 5.74) is 0.866. The second-order valence-electron chi connectivity index (χ2n) is 3.59. The van der Waals surface area contributed by atoms with Crippen molar-refractivity contribution in [3.8, 4) is 11.5 Å². The highest BCUT2D eigenvalue weighted by Crippen LogP contribution is 2.30. The van der Waals surface area contributed by atoms with Crippen LogP contribution in [0.1, 0.15) is 12.7 Å². The fourth-order valence-electron chi connectivity index (χ4n) is 1.69. The van der Waals surface area contributed by atoms with E-state index in [4.69, 9.17) is 21.7 Å². The first-order valence-corrected chi connectivity index (χ1v) is 5.75.